The Hall–Kier alpha value is -2.31. The summed E-state index contributed by atoms with van der Waals surface area (Å²) in [7, 11) is 5.43. The Morgan fingerprint density at radius 1 is 1.07 bits per heavy atom. The number of benzene rings is 1. The van der Waals surface area contributed by atoms with Crippen LogP contribution in [-0.4, -0.2) is 58.5 Å². The zero-order valence-corrected chi connectivity index (χ0v) is 16.6. The van der Waals surface area contributed by atoms with E-state index in [0.29, 0.717) is 0 Å². The minimum Gasteiger partial charge on any atom is -0.493 e. The van der Waals surface area contributed by atoms with E-state index < -0.39 is 0 Å². The van der Waals surface area contributed by atoms with Gasteiger partial charge in [0.15, 0.2) is 11.5 Å². The third-order valence-electron chi connectivity index (χ3n) is 4.96. The van der Waals surface area contributed by atoms with Crippen LogP contribution >= 0.6 is 0 Å². The van der Waals surface area contributed by atoms with Gasteiger partial charge in [0.25, 0.3) is 5.82 Å². The van der Waals surface area contributed by atoms with Crippen molar-refractivity contribution in [1.82, 2.24) is 4.90 Å². The molecule has 0 spiro atoms. The molecule has 0 radical (unpaired) electrons. The molecule has 1 saturated heterocycles. The SMILES string of the molecule is COc1ccc(CN(CCN2CCOCC2)c2cccc[n+]2C)cc1OC. The van der Waals surface area contributed by atoms with Gasteiger partial charge in [0.05, 0.1) is 47.2 Å². The van der Waals surface area contributed by atoms with Gasteiger partial charge in [0.1, 0.15) is 6.54 Å². The van der Waals surface area contributed by atoms with E-state index in [-0.39, 0.29) is 0 Å². The molecule has 0 saturated carbocycles. The number of methoxy groups -OCH3 is 2. The van der Waals surface area contributed by atoms with Gasteiger partial charge in [-0.3, -0.25) is 9.80 Å². The third kappa shape index (κ3) is 5.11. The lowest BCUT2D eigenvalue weighted by Crippen LogP contribution is -2.44. The molecule has 0 amide bonds. The minimum atomic E-state index is 0.756. The van der Waals surface area contributed by atoms with Crippen molar-refractivity contribution in [2.45, 2.75) is 6.54 Å². The van der Waals surface area contributed by atoms with Gasteiger partial charge in [-0.25, -0.2) is 4.57 Å². The summed E-state index contributed by atoms with van der Waals surface area (Å²) in [5.74, 6) is 2.72. The fourth-order valence-corrected chi connectivity index (χ4v) is 3.40. The molecular weight excluding hydrogens is 342 g/mol. The van der Waals surface area contributed by atoms with Gasteiger partial charge in [-0.05, 0) is 23.8 Å². The van der Waals surface area contributed by atoms with Crippen molar-refractivity contribution < 1.29 is 18.8 Å². The number of hydrogen-bond acceptors (Lipinski definition) is 5. The van der Waals surface area contributed by atoms with Crippen molar-refractivity contribution in [1.29, 1.82) is 0 Å². The molecule has 2 heterocycles. The smallest absolute Gasteiger partial charge is 0.276 e. The molecular formula is C21H30N3O3+. The van der Waals surface area contributed by atoms with Gasteiger partial charge in [0, 0.05) is 25.7 Å². The van der Waals surface area contributed by atoms with Gasteiger partial charge < -0.3 is 14.2 Å². The van der Waals surface area contributed by atoms with Crippen molar-refractivity contribution in [3.63, 3.8) is 0 Å². The number of nitrogens with zero attached hydrogens (tertiary/aromatic N) is 3. The first-order chi connectivity index (χ1) is 13.2. The Kier molecular flexibility index (Phi) is 6.90. The molecule has 1 aromatic carbocycles. The summed E-state index contributed by atoms with van der Waals surface area (Å²) in [4.78, 5) is 4.88. The molecule has 1 aromatic heterocycles. The second-order valence-corrected chi connectivity index (χ2v) is 6.73. The Morgan fingerprint density at radius 3 is 2.56 bits per heavy atom. The maximum atomic E-state index is 5.47. The van der Waals surface area contributed by atoms with Crippen molar-refractivity contribution in [2.24, 2.45) is 7.05 Å². The number of rotatable bonds is 8. The van der Waals surface area contributed by atoms with E-state index in [1.54, 1.807) is 14.2 Å². The maximum Gasteiger partial charge on any atom is 0.276 e. The normalized spacial score (nSPS) is 14.8. The Balaban J connectivity index is 1.78. The minimum absolute atomic E-state index is 0.756. The monoisotopic (exact) mass is 372 g/mol. The van der Waals surface area contributed by atoms with E-state index in [1.165, 1.54) is 11.4 Å². The van der Waals surface area contributed by atoms with E-state index in [4.69, 9.17) is 14.2 Å². The second kappa shape index (κ2) is 9.58. The molecule has 1 aliphatic rings. The molecule has 27 heavy (non-hydrogen) atoms. The first-order valence-corrected chi connectivity index (χ1v) is 9.42. The summed E-state index contributed by atoms with van der Waals surface area (Å²) in [6, 6.07) is 12.4. The Bertz CT molecular complexity index is 732. The standard InChI is InChI=1S/C21H30N3O3/c1-22-9-5-4-6-21(22)24(11-10-23-12-14-27-15-13-23)17-18-7-8-19(25-2)20(16-18)26-3/h4-9,16H,10-15,17H2,1-3H3/q+1. The van der Waals surface area contributed by atoms with Gasteiger partial charge in [-0.2, -0.15) is 0 Å². The highest BCUT2D eigenvalue weighted by Gasteiger charge is 2.21. The third-order valence-corrected chi connectivity index (χ3v) is 4.96. The molecule has 2 aromatic rings. The maximum absolute atomic E-state index is 5.47. The molecule has 0 aliphatic carbocycles. The van der Waals surface area contributed by atoms with Gasteiger partial charge in [-0.15, -0.1) is 0 Å². The topological polar surface area (TPSA) is 38.0 Å². The van der Waals surface area contributed by atoms with Crippen LogP contribution in [0.2, 0.25) is 0 Å². The average Bonchev–Trinajstić information content (AvgIpc) is 2.72. The molecule has 3 rings (SSSR count). The average molecular weight is 372 g/mol. The molecule has 0 bridgehead atoms. The van der Waals surface area contributed by atoms with Gasteiger partial charge in [-0.1, -0.05) is 12.1 Å². The van der Waals surface area contributed by atoms with Gasteiger partial charge >= 0.3 is 0 Å². The van der Waals surface area contributed by atoms with Crippen LogP contribution in [0.1, 0.15) is 5.56 Å². The number of aromatic nitrogens is 1. The molecule has 1 fully saturated rings. The molecule has 6 heteroatoms. The molecule has 6 nitrogen and oxygen atoms in total. The van der Waals surface area contributed by atoms with Gasteiger partial charge in [0.2, 0.25) is 0 Å². The van der Waals surface area contributed by atoms with Crippen LogP contribution in [0.3, 0.4) is 0 Å². The zero-order valence-electron chi connectivity index (χ0n) is 16.6. The van der Waals surface area contributed by atoms with E-state index >= 15 is 0 Å². The predicted octanol–water partition coefficient (Wildman–Crippen LogP) is 1.87. The summed E-state index contributed by atoms with van der Waals surface area (Å²) in [6.07, 6.45) is 2.09. The van der Waals surface area contributed by atoms with Crippen LogP contribution < -0.4 is 18.9 Å². The van der Waals surface area contributed by atoms with E-state index in [1.807, 2.05) is 6.07 Å². The number of morpholine rings is 1. The van der Waals surface area contributed by atoms with E-state index in [9.17, 15) is 0 Å². The Labute approximate surface area is 161 Å². The summed E-state index contributed by atoms with van der Waals surface area (Å²) < 4.78 is 18.5. The lowest BCUT2D eigenvalue weighted by Gasteiger charge is -2.28. The van der Waals surface area contributed by atoms with Crippen molar-refractivity contribution >= 4 is 5.82 Å². The quantitative estimate of drug-likeness (QED) is 0.662. The van der Waals surface area contributed by atoms with Crippen molar-refractivity contribution in [3.05, 3.63) is 48.2 Å². The highest BCUT2D eigenvalue weighted by Crippen LogP contribution is 2.28. The van der Waals surface area contributed by atoms with Crippen LogP contribution in [0.25, 0.3) is 0 Å². The lowest BCUT2D eigenvalue weighted by atomic mass is 10.2. The predicted molar refractivity (Wildman–Crippen MR) is 105 cm³/mol. The molecule has 0 atom stereocenters. The molecule has 0 unspecified atom stereocenters. The lowest BCUT2D eigenvalue weighted by molar-refractivity contribution is -0.659. The Morgan fingerprint density at radius 2 is 1.85 bits per heavy atom. The number of hydrogen-bond donors (Lipinski definition) is 0. The van der Waals surface area contributed by atoms with E-state index in [2.05, 4.69) is 57.9 Å². The van der Waals surface area contributed by atoms with Crippen molar-refractivity contribution in [2.75, 3.05) is 58.5 Å². The number of ether oxygens (including phenoxy) is 3. The van der Waals surface area contributed by atoms with Crippen LogP contribution in [0.15, 0.2) is 42.6 Å². The fourth-order valence-electron chi connectivity index (χ4n) is 3.40. The summed E-state index contributed by atoms with van der Waals surface area (Å²) in [6.45, 7) is 6.44. The second-order valence-electron chi connectivity index (χ2n) is 6.73. The number of pyridine rings is 1. The first kappa shape index (κ1) is 19.5. The summed E-state index contributed by atoms with van der Waals surface area (Å²) in [5.41, 5.74) is 1.19. The van der Waals surface area contributed by atoms with E-state index in [0.717, 1.165) is 57.4 Å². The molecule has 146 valence electrons. The molecule has 0 N–H and O–H groups in total. The number of anilines is 1. The highest BCUT2D eigenvalue weighted by atomic mass is 16.5. The zero-order chi connectivity index (χ0) is 19.1. The summed E-state index contributed by atoms with van der Waals surface area (Å²) >= 11 is 0. The highest BCUT2D eigenvalue weighted by molar-refractivity contribution is 5.44. The summed E-state index contributed by atoms with van der Waals surface area (Å²) in [5, 5.41) is 0. The van der Waals surface area contributed by atoms with Crippen molar-refractivity contribution in [3.8, 4) is 11.5 Å². The molecule has 1 aliphatic heterocycles. The largest absolute Gasteiger partial charge is 0.493 e. The van der Waals surface area contributed by atoms with Crippen LogP contribution in [0.4, 0.5) is 5.82 Å². The van der Waals surface area contributed by atoms with Crippen LogP contribution in [0, 0.1) is 0 Å². The first-order valence-electron chi connectivity index (χ1n) is 9.42. The fraction of sp³-hybridized carbons (Fsp3) is 0.476. The van der Waals surface area contributed by atoms with Crippen LogP contribution in [-0.2, 0) is 18.3 Å². The number of aryl methyl sites for hydroxylation is 1. The van der Waals surface area contributed by atoms with Crippen LogP contribution in [0.5, 0.6) is 11.5 Å².